The van der Waals surface area contributed by atoms with Crippen molar-refractivity contribution in [2.75, 3.05) is 26.7 Å². The third-order valence-electron chi connectivity index (χ3n) is 4.64. The molecular formula is C27H44N2O3. The molecular weight excluding hydrogens is 400 g/mol. The summed E-state index contributed by atoms with van der Waals surface area (Å²) < 4.78 is 5.77. The van der Waals surface area contributed by atoms with Crippen molar-refractivity contribution in [2.45, 2.75) is 66.4 Å². The molecule has 0 saturated heterocycles. The number of aryl methyl sites for hydroxylation is 2. The average molecular weight is 445 g/mol. The number of aromatic hydroxyl groups is 1. The van der Waals surface area contributed by atoms with Gasteiger partial charge in [0.1, 0.15) is 5.75 Å². The van der Waals surface area contributed by atoms with E-state index < -0.39 is 0 Å². The Morgan fingerprint density at radius 1 is 1.03 bits per heavy atom. The third kappa shape index (κ3) is 13.8. The van der Waals surface area contributed by atoms with Crippen LogP contribution in [0.1, 0.15) is 68.4 Å². The maximum atomic E-state index is 12.0. The van der Waals surface area contributed by atoms with Gasteiger partial charge in [0.2, 0.25) is 0 Å². The number of carbonyl (C=O) groups is 1. The normalized spacial score (nSPS) is 10.8. The molecule has 0 aliphatic rings. The SMILES string of the molecule is CC.CCCCCOC(CNC)CNC(=O)c1ccc(O)cc1.CCc1cccc(C)c1. The summed E-state index contributed by atoms with van der Waals surface area (Å²) in [5.41, 5.74) is 3.31. The van der Waals surface area contributed by atoms with E-state index in [9.17, 15) is 9.90 Å². The van der Waals surface area contributed by atoms with Crippen molar-refractivity contribution in [2.24, 2.45) is 0 Å². The highest BCUT2D eigenvalue weighted by atomic mass is 16.5. The van der Waals surface area contributed by atoms with E-state index in [1.54, 1.807) is 12.1 Å². The summed E-state index contributed by atoms with van der Waals surface area (Å²) >= 11 is 0. The molecule has 5 nitrogen and oxygen atoms in total. The molecule has 0 bridgehead atoms. The van der Waals surface area contributed by atoms with Crippen molar-refractivity contribution in [3.8, 4) is 5.75 Å². The molecule has 0 aromatic heterocycles. The van der Waals surface area contributed by atoms with Gasteiger partial charge >= 0.3 is 0 Å². The first-order valence-corrected chi connectivity index (χ1v) is 11.9. The molecule has 0 heterocycles. The van der Waals surface area contributed by atoms with E-state index in [2.05, 4.69) is 55.7 Å². The second-order valence-electron chi connectivity index (χ2n) is 7.36. The van der Waals surface area contributed by atoms with Gasteiger partial charge in [-0.15, -0.1) is 0 Å². The molecule has 0 aliphatic heterocycles. The van der Waals surface area contributed by atoms with Gasteiger partial charge in [0, 0.05) is 25.3 Å². The Hall–Kier alpha value is -2.37. The summed E-state index contributed by atoms with van der Waals surface area (Å²) in [7, 11) is 1.87. The van der Waals surface area contributed by atoms with Crippen LogP contribution >= 0.6 is 0 Å². The highest BCUT2D eigenvalue weighted by Gasteiger charge is 2.11. The van der Waals surface area contributed by atoms with E-state index in [-0.39, 0.29) is 17.8 Å². The van der Waals surface area contributed by atoms with Crippen LogP contribution in [0.3, 0.4) is 0 Å². The number of hydrogen-bond acceptors (Lipinski definition) is 4. The van der Waals surface area contributed by atoms with Gasteiger partial charge in [0.05, 0.1) is 6.10 Å². The van der Waals surface area contributed by atoms with Crippen LogP contribution in [0.2, 0.25) is 0 Å². The van der Waals surface area contributed by atoms with Crippen molar-refractivity contribution in [1.29, 1.82) is 0 Å². The van der Waals surface area contributed by atoms with Crippen LogP contribution in [0, 0.1) is 6.92 Å². The van der Waals surface area contributed by atoms with E-state index in [1.165, 1.54) is 23.3 Å². The fraction of sp³-hybridized carbons (Fsp3) is 0.519. The standard InChI is InChI=1S/C16H26N2O3.C9H12.C2H6/c1-3-4-5-10-21-15(11-17-2)12-18-16(20)13-6-8-14(19)9-7-13;1-3-9-6-4-5-8(2)7-9;1-2/h6-9,15,17,19H,3-5,10-12H2,1-2H3,(H,18,20);4-7H,3H2,1-2H3;1-2H3. The molecule has 1 unspecified atom stereocenters. The lowest BCUT2D eigenvalue weighted by molar-refractivity contribution is 0.0498. The molecule has 32 heavy (non-hydrogen) atoms. The van der Waals surface area contributed by atoms with Gasteiger partial charge < -0.3 is 20.5 Å². The van der Waals surface area contributed by atoms with Crippen LogP contribution < -0.4 is 10.6 Å². The molecule has 0 spiro atoms. The van der Waals surface area contributed by atoms with E-state index in [0.29, 0.717) is 18.7 Å². The highest BCUT2D eigenvalue weighted by molar-refractivity contribution is 5.94. The fourth-order valence-corrected chi connectivity index (χ4v) is 2.87. The van der Waals surface area contributed by atoms with Crippen molar-refractivity contribution < 1.29 is 14.6 Å². The predicted octanol–water partition coefficient (Wildman–Crippen LogP) is 5.50. The minimum absolute atomic E-state index is 0.0343. The van der Waals surface area contributed by atoms with Crippen LogP contribution in [0.5, 0.6) is 5.75 Å². The van der Waals surface area contributed by atoms with Crippen molar-refractivity contribution in [3.63, 3.8) is 0 Å². The number of amides is 1. The zero-order valence-electron chi connectivity index (χ0n) is 20.9. The number of rotatable bonds is 11. The molecule has 0 fully saturated rings. The molecule has 2 aromatic rings. The van der Waals surface area contributed by atoms with E-state index in [4.69, 9.17) is 4.74 Å². The van der Waals surface area contributed by atoms with Gasteiger partial charge in [-0.2, -0.15) is 0 Å². The molecule has 2 rings (SSSR count). The monoisotopic (exact) mass is 444 g/mol. The maximum Gasteiger partial charge on any atom is 0.251 e. The Morgan fingerprint density at radius 2 is 1.72 bits per heavy atom. The first-order chi connectivity index (χ1) is 15.5. The molecule has 1 amide bonds. The summed E-state index contributed by atoms with van der Waals surface area (Å²) in [5.74, 6) is -0.00729. The number of unbranched alkanes of at least 4 members (excludes halogenated alkanes) is 2. The Balaban J connectivity index is 0.000000723. The number of ether oxygens (including phenoxy) is 1. The van der Waals surface area contributed by atoms with Crippen LogP contribution in [0.25, 0.3) is 0 Å². The van der Waals surface area contributed by atoms with Crippen molar-refractivity contribution in [1.82, 2.24) is 10.6 Å². The number of benzene rings is 2. The molecule has 0 aliphatic carbocycles. The Bertz CT molecular complexity index is 717. The number of carbonyl (C=O) groups excluding carboxylic acids is 1. The lowest BCUT2D eigenvalue weighted by Crippen LogP contribution is -2.39. The molecule has 0 radical (unpaired) electrons. The van der Waals surface area contributed by atoms with Crippen LogP contribution in [-0.2, 0) is 11.2 Å². The van der Waals surface area contributed by atoms with Gasteiger partial charge in [-0.05, 0) is 56.6 Å². The zero-order chi connectivity index (χ0) is 24.2. The van der Waals surface area contributed by atoms with Gasteiger partial charge in [-0.1, -0.05) is 70.4 Å². The summed E-state index contributed by atoms with van der Waals surface area (Å²) in [6, 6.07) is 14.8. The average Bonchev–Trinajstić information content (AvgIpc) is 2.82. The summed E-state index contributed by atoms with van der Waals surface area (Å²) in [6.07, 6.45) is 4.47. The molecule has 5 heteroatoms. The molecule has 1 atom stereocenters. The molecule has 2 aromatic carbocycles. The second kappa shape index (κ2) is 19.3. The first kappa shape index (κ1) is 29.6. The fourth-order valence-electron chi connectivity index (χ4n) is 2.87. The topological polar surface area (TPSA) is 70.6 Å². The summed E-state index contributed by atoms with van der Waals surface area (Å²) in [5, 5.41) is 15.1. The molecule has 3 N–H and O–H groups in total. The Kier molecular flexibility index (Phi) is 17.9. The second-order valence-corrected chi connectivity index (χ2v) is 7.36. The van der Waals surface area contributed by atoms with E-state index in [1.807, 2.05) is 20.9 Å². The first-order valence-electron chi connectivity index (χ1n) is 11.9. The number of likely N-dealkylation sites (N-methyl/N-ethyl adjacent to an activating group) is 1. The number of hydrogen-bond donors (Lipinski definition) is 3. The Morgan fingerprint density at radius 3 is 2.25 bits per heavy atom. The quantitative estimate of drug-likeness (QED) is 0.400. The smallest absolute Gasteiger partial charge is 0.251 e. The third-order valence-corrected chi connectivity index (χ3v) is 4.64. The minimum atomic E-state index is -0.159. The predicted molar refractivity (Wildman–Crippen MR) is 136 cm³/mol. The van der Waals surface area contributed by atoms with Gasteiger partial charge in [-0.3, -0.25) is 4.79 Å². The molecule has 180 valence electrons. The number of phenolic OH excluding ortho intramolecular Hbond substituents is 1. The number of nitrogens with one attached hydrogen (secondary N) is 2. The highest BCUT2D eigenvalue weighted by Crippen LogP contribution is 2.09. The lowest BCUT2D eigenvalue weighted by Gasteiger charge is -2.18. The lowest BCUT2D eigenvalue weighted by atomic mass is 10.1. The zero-order valence-corrected chi connectivity index (χ0v) is 20.9. The number of phenols is 1. The van der Waals surface area contributed by atoms with Gasteiger partial charge in [0.15, 0.2) is 0 Å². The van der Waals surface area contributed by atoms with Crippen molar-refractivity contribution >= 4 is 5.91 Å². The minimum Gasteiger partial charge on any atom is -0.508 e. The van der Waals surface area contributed by atoms with Crippen LogP contribution in [0.15, 0.2) is 48.5 Å². The largest absolute Gasteiger partial charge is 0.508 e. The Labute approximate surface area is 195 Å². The summed E-state index contributed by atoms with van der Waals surface area (Å²) in [4.78, 5) is 12.0. The van der Waals surface area contributed by atoms with Crippen LogP contribution in [-0.4, -0.2) is 43.9 Å². The van der Waals surface area contributed by atoms with Gasteiger partial charge in [-0.25, -0.2) is 0 Å². The van der Waals surface area contributed by atoms with E-state index in [0.717, 1.165) is 32.3 Å². The maximum absolute atomic E-state index is 12.0. The van der Waals surface area contributed by atoms with Crippen molar-refractivity contribution in [3.05, 3.63) is 65.2 Å². The van der Waals surface area contributed by atoms with Crippen LogP contribution in [0.4, 0.5) is 0 Å². The van der Waals surface area contributed by atoms with Gasteiger partial charge in [0.25, 0.3) is 5.91 Å². The summed E-state index contributed by atoms with van der Waals surface area (Å²) in [6.45, 7) is 12.3. The van der Waals surface area contributed by atoms with E-state index >= 15 is 0 Å². The molecule has 0 saturated carbocycles.